The summed E-state index contributed by atoms with van der Waals surface area (Å²) in [6.45, 7) is 3.59. The van der Waals surface area contributed by atoms with Gasteiger partial charge in [-0.25, -0.2) is 4.98 Å². The first-order valence-corrected chi connectivity index (χ1v) is 7.17. The summed E-state index contributed by atoms with van der Waals surface area (Å²) in [6, 6.07) is 0.0416. The molecule has 6 nitrogen and oxygen atoms in total. The van der Waals surface area contributed by atoms with Crippen molar-refractivity contribution in [2.24, 2.45) is 0 Å². The van der Waals surface area contributed by atoms with Crippen LogP contribution in [0.4, 0.5) is 0 Å². The third-order valence-electron chi connectivity index (χ3n) is 4.25. The second-order valence-electron chi connectivity index (χ2n) is 5.72. The van der Waals surface area contributed by atoms with Crippen LogP contribution in [0, 0.1) is 0 Å². The number of aryl methyl sites for hydroxylation is 1. The summed E-state index contributed by atoms with van der Waals surface area (Å²) >= 11 is 0. The lowest BCUT2D eigenvalue weighted by molar-refractivity contribution is -0.135. The fourth-order valence-electron chi connectivity index (χ4n) is 3.02. The zero-order valence-corrected chi connectivity index (χ0v) is 12.0. The van der Waals surface area contributed by atoms with E-state index in [1.165, 1.54) is 0 Å². The summed E-state index contributed by atoms with van der Waals surface area (Å²) < 4.78 is 2.02. The summed E-state index contributed by atoms with van der Waals surface area (Å²) in [5.74, 6) is 0.919. The number of piperazine rings is 1. The van der Waals surface area contributed by atoms with Gasteiger partial charge in [0.05, 0.1) is 6.20 Å². The number of imidazole rings is 1. The molecule has 1 fully saturated rings. The Morgan fingerprint density at radius 3 is 3.00 bits per heavy atom. The van der Waals surface area contributed by atoms with Crippen molar-refractivity contribution in [1.29, 1.82) is 0 Å². The predicted molar refractivity (Wildman–Crippen MR) is 73.3 cm³/mol. The van der Waals surface area contributed by atoms with Gasteiger partial charge in [-0.05, 0) is 19.8 Å². The lowest BCUT2D eigenvalue weighted by Gasteiger charge is -2.37. The molecule has 0 aromatic carbocycles. The van der Waals surface area contributed by atoms with Crippen molar-refractivity contribution in [2.45, 2.75) is 38.8 Å². The molecule has 1 saturated heterocycles. The Bertz CT molecular complexity index is 551. The maximum absolute atomic E-state index is 12.7. The molecule has 3 rings (SSSR count). The molecule has 2 aliphatic rings. The third kappa shape index (κ3) is 2.09. The van der Waals surface area contributed by atoms with E-state index in [1.807, 2.05) is 11.5 Å². The number of likely N-dealkylation sites (N-methyl/N-ethyl adjacent to an activating group) is 1. The molecule has 2 amide bonds. The number of carbonyl (C=O) groups is 2. The molecular formula is C14H20N4O2. The number of hydrogen-bond acceptors (Lipinski definition) is 3. The van der Waals surface area contributed by atoms with Crippen LogP contribution in [-0.2, 0) is 17.8 Å². The fraction of sp³-hybridized carbons (Fsp3) is 0.643. The Morgan fingerprint density at radius 1 is 1.40 bits per heavy atom. The van der Waals surface area contributed by atoms with Crippen molar-refractivity contribution in [3.05, 3.63) is 17.7 Å². The van der Waals surface area contributed by atoms with Crippen molar-refractivity contribution < 1.29 is 9.59 Å². The van der Waals surface area contributed by atoms with E-state index in [1.54, 1.807) is 23.0 Å². The minimum absolute atomic E-state index is 0.00478. The third-order valence-corrected chi connectivity index (χ3v) is 4.25. The zero-order valence-electron chi connectivity index (χ0n) is 12.0. The topological polar surface area (TPSA) is 58.4 Å². The molecule has 0 N–H and O–H groups in total. The largest absolute Gasteiger partial charge is 0.342 e. The molecule has 1 aromatic heterocycles. The van der Waals surface area contributed by atoms with E-state index in [4.69, 9.17) is 0 Å². The van der Waals surface area contributed by atoms with Crippen LogP contribution in [0.3, 0.4) is 0 Å². The summed E-state index contributed by atoms with van der Waals surface area (Å²) in [7, 11) is 1.78. The quantitative estimate of drug-likeness (QED) is 0.751. The van der Waals surface area contributed by atoms with Gasteiger partial charge in [-0.1, -0.05) is 0 Å². The first-order chi connectivity index (χ1) is 9.58. The number of fused-ring (bicyclic) bond motifs is 1. The number of carbonyl (C=O) groups excluding carboxylic acids is 2. The van der Waals surface area contributed by atoms with Crippen LogP contribution in [0.15, 0.2) is 6.20 Å². The van der Waals surface area contributed by atoms with E-state index >= 15 is 0 Å². The van der Waals surface area contributed by atoms with Gasteiger partial charge >= 0.3 is 0 Å². The van der Waals surface area contributed by atoms with E-state index in [9.17, 15) is 9.59 Å². The molecular weight excluding hydrogens is 256 g/mol. The van der Waals surface area contributed by atoms with E-state index in [0.29, 0.717) is 12.2 Å². The molecule has 1 unspecified atom stereocenters. The van der Waals surface area contributed by atoms with Crippen molar-refractivity contribution in [2.75, 3.05) is 20.1 Å². The highest BCUT2D eigenvalue weighted by molar-refractivity contribution is 5.96. The SMILES string of the molecule is CC1CN(C)C(=O)CN1C(=O)c1cnc2n1CCCC2. The molecule has 2 aliphatic heterocycles. The normalized spacial score (nSPS) is 22.9. The van der Waals surface area contributed by atoms with E-state index in [-0.39, 0.29) is 24.4 Å². The van der Waals surface area contributed by atoms with E-state index in [2.05, 4.69) is 4.98 Å². The van der Waals surface area contributed by atoms with Crippen LogP contribution in [0.25, 0.3) is 0 Å². The Kier molecular flexibility index (Phi) is 3.23. The molecule has 20 heavy (non-hydrogen) atoms. The van der Waals surface area contributed by atoms with Gasteiger partial charge in [0.25, 0.3) is 5.91 Å². The van der Waals surface area contributed by atoms with Crippen LogP contribution in [0.1, 0.15) is 36.1 Å². The Balaban J connectivity index is 1.85. The summed E-state index contributed by atoms with van der Waals surface area (Å²) in [5, 5.41) is 0. The molecule has 3 heterocycles. The molecule has 0 radical (unpaired) electrons. The van der Waals surface area contributed by atoms with Crippen molar-refractivity contribution >= 4 is 11.8 Å². The first kappa shape index (κ1) is 13.1. The van der Waals surface area contributed by atoms with Crippen LogP contribution in [-0.4, -0.2) is 57.3 Å². The van der Waals surface area contributed by atoms with Gasteiger partial charge < -0.3 is 14.4 Å². The molecule has 6 heteroatoms. The van der Waals surface area contributed by atoms with Crippen LogP contribution in [0.5, 0.6) is 0 Å². The summed E-state index contributed by atoms with van der Waals surface area (Å²) in [6.07, 6.45) is 4.82. The minimum Gasteiger partial charge on any atom is -0.342 e. The number of amides is 2. The fourth-order valence-corrected chi connectivity index (χ4v) is 3.02. The van der Waals surface area contributed by atoms with Crippen molar-refractivity contribution in [3.8, 4) is 0 Å². The highest BCUT2D eigenvalue weighted by Gasteiger charge is 2.33. The van der Waals surface area contributed by atoms with Gasteiger partial charge in [-0.2, -0.15) is 0 Å². The maximum atomic E-state index is 12.7. The average molecular weight is 276 g/mol. The first-order valence-electron chi connectivity index (χ1n) is 7.17. The smallest absolute Gasteiger partial charge is 0.272 e. The minimum atomic E-state index is -0.0698. The van der Waals surface area contributed by atoms with Gasteiger partial charge in [-0.3, -0.25) is 9.59 Å². The predicted octanol–water partition coefficient (Wildman–Crippen LogP) is 0.522. The van der Waals surface area contributed by atoms with E-state index < -0.39 is 0 Å². The highest BCUT2D eigenvalue weighted by atomic mass is 16.2. The number of aromatic nitrogens is 2. The average Bonchev–Trinajstić information content (AvgIpc) is 2.86. The van der Waals surface area contributed by atoms with Gasteiger partial charge in [0.15, 0.2) is 0 Å². The van der Waals surface area contributed by atoms with Crippen LogP contribution >= 0.6 is 0 Å². The van der Waals surface area contributed by atoms with Crippen molar-refractivity contribution in [1.82, 2.24) is 19.4 Å². The molecule has 1 atom stereocenters. The standard InChI is InChI=1S/C14H20N4O2/c1-10-8-16(2)13(19)9-18(10)14(20)11-7-15-12-5-3-4-6-17(11)12/h7,10H,3-6,8-9H2,1-2H3. The number of hydrogen-bond donors (Lipinski definition) is 0. The maximum Gasteiger partial charge on any atom is 0.272 e. The molecule has 0 aliphatic carbocycles. The molecule has 0 spiro atoms. The lowest BCUT2D eigenvalue weighted by Crippen LogP contribution is -2.55. The van der Waals surface area contributed by atoms with Gasteiger partial charge in [-0.15, -0.1) is 0 Å². The van der Waals surface area contributed by atoms with Crippen LogP contribution in [0.2, 0.25) is 0 Å². The van der Waals surface area contributed by atoms with E-state index in [0.717, 1.165) is 31.6 Å². The number of nitrogens with zero attached hydrogens (tertiary/aromatic N) is 4. The Hall–Kier alpha value is -1.85. The monoisotopic (exact) mass is 276 g/mol. The van der Waals surface area contributed by atoms with Gasteiger partial charge in [0.1, 0.15) is 18.1 Å². The Morgan fingerprint density at radius 2 is 2.20 bits per heavy atom. The Labute approximate surface area is 118 Å². The number of rotatable bonds is 1. The summed E-state index contributed by atoms with van der Waals surface area (Å²) in [4.78, 5) is 32.2. The van der Waals surface area contributed by atoms with Crippen LogP contribution < -0.4 is 0 Å². The second-order valence-corrected chi connectivity index (χ2v) is 5.72. The molecule has 0 bridgehead atoms. The van der Waals surface area contributed by atoms with Gasteiger partial charge in [0.2, 0.25) is 5.91 Å². The molecule has 108 valence electrons. The summed E-state index contributed by atoms with van der Waals surface area (Å²) in [5.41, 5.74) is 0.629. The second kappa shape index (κ2) is 4.92. The zero-order chi connectivity index (χ0) is 14.3. The van der Waals surface area contributed by atoms with Gasteiger partial charge in [0, 0.05) is 32.6 Å². The molecule has 1 aromatic rings. The lowest BCUT2D eigenvalue weighted by atomic mass is 10.1. The van der Waals surface area contributed by atoms with Crippen molar-refractivity contribution in [3.63, 3.8) is 0 Å². The highest BCUT2D eigenvalue weighted by Crippen LogP contribution is 2.19. The molecule has 0 saturated carbocycles.